The molecule has 0 aromatic carbocycles. The minimum Gasteiger partial charge on any atom is -0.463 e. The van der Waals surface area contributed by atoms with Crippen LogP contribution in [0, 0.1) is 0 Å². The Morgan fingerprint density at radius 1 is 1.50 bits per heavy atom. The van der Waals surface area contributed by atoms with Crippen LogP contribution < -0.4 is 5.43 Å². The molecule has 1 N–H and O–H groups in total. The van der Waals surface area contributed by atoms with E-state index in [0.717, 1.165) is 10.6 Å². The zero-order valence-electron chi connectivity index (χ0n) is 10.8. The molecule has 0 aliphatic carbocycles. The summed E-state index contributed by atoms with van der Waals surface area (Å²) in [5.74, 6) is 0.160. The van der Waals surface area contributed by atoms with Gasteiger partial charge < -0.3 is 9.25 Å². The Morgan fingerprint density at radius 3 is 3.10 bits per heavy atom. The van der Waals surface area contributed by atoms with Crippen molar-refractivity contribution >= 4 is 29.2 Å². The summed E-state index contributed by atoms with van der Waals surface area (Å²) in [4.78, 5) is 17.3. The molecule has 20 heavy (non-hydrogen) atoms. The highest BCUT2D eigenvalue weighted by Crippen LogP contribution is 2.09. The summed E-state index contributed by atoms with van der Waals surface area (Å²) >= 11 is 1.56. The molecule has 0 saturated heterocycles. The van der Waals surface area contributed by atoms with Crippen molar-refractivity contribution < 1.29 is 14.0 Å². The van der Waals surface area contributed by atoms with Gasteiger partial charge in [0.05, 0.1) is 23.1 Å². The van der Waals surface area contributed by atoms with Crippen LogP contribution in [0.1, 0.15) is 17.6 Å². The number of nitrogens with one attached hydrogen (secondary N) is 1. The molecule has 7 heteroatoms. The molecule has 2 aromatic rings. The van der Waals surface area contributed by atoms with Gasteiger partial charge in [0.15, 0.2) is 6.61 Å². The quantitative estimate of drug-likeness (QED) is 0.655. The summed E-state index contributed by atoms with van der Waals surface area (Å²) in [6, 6.07) is 7.31. The number of furan rings is 1. The second-order valence-corrected chi connectivity index (χ2v) is 4.68. The summed E-state index contributed by atoms with van der Waals surface area (Å²) in [6.45, 7) is 1.62. The second-order valence-electron chi connectivity index (χ2n) is 3.74. The van der Waals surface area contributed by atoms with Crippen molar-refractivity contribution in [3.05, 3.63) is 46.5 Å². The number of nitrogens with zero attached hydrogens (tertiary/aromatic N) is 2. The van der Waals surface area contributed by atoms with Crippen LogP contribution in [0.3, 0.4) is 0 Å². The first-order valence-electron chi connectivity index (χ1n) is 5.81. The first kappa shape index (κ1) is 14.0. The van der Waals surface area contributed by atoms with Crippen LogP contribution in [0.15, 0.2) is 50.6 Å². The van der Waals surface area contributed by atoms with Crippen LogP contribution in [-0.2, 0) is 9.63 Å². The molecule has 2 heterocycles. The van der Waals surface area contributed by atoms with Crippen molar-refractivity contribution in [3.8, 4) is 0 Å². The van der Waals surface area contributed by atoms with Crippen LogP contribution in [0.5, 0.6) is 0 Å². The topological polar surface area (TPSA) is 76.2 Å². The molecule has 0 atom stereocenters. The smallest absolute Gasteiger partial charge is 0.280 e. The Labute approximate surface area is 119 Å². The number of thiophene rings is 1. The number of oxime groups is 1. The van der Waals surface area contributed by atoms with E-state index in [1.165, 1.54) is 12.5 Å². The van der Waals surface area contributed by atoms with Gasteiger partial charge in [0.1, 0.15) is 5.76 Å². The lowest BCUT2D eigenvalue weighted by atomic mass is 10.3. The van der Waals surface area contributed by atoms with E-state index in [2.05, 4.69) is 15.7 Å². The largest absolute Gasteiger partial charge is 0.463 e. The lowest BCUT2D eigenvalue weighted by Crippen LogP contribution is -2.22. The monoisotopic (exact) mass is 291 g/mol. The van der Waals surface area contributed by atoms with Crippen molar-refractivity contribution in [3.63, 3.8) is 0 Å². The van der Waals surface area contributed by atoms with Gasteiger partial charge in [-0.3, -0.25) is 4.79 Å². The third-order valence-electron chi connectivity index (χ3n) is 2.20. The van der Waals surface area contributed by atoms with E-state index in [-0.39, 0.29) is 6.61 Å². The van der Waals surface area contributed by atoms with E-state index in [1.54, 1.807) is 23.5 Å². The predicted octanol–water partition coefficient (Wildman–Crippen LogP) is 2.23. The molecular weight excluding hydrogens is 278 g/mol. The van der Waals surface area contributed by atoms with Gasteiger partial charge in [0.25, 0.3) is 5.91 Å². The van der Waals surface area contributed by atoms with Gasteiger partial charge >= 0.3 is 0 Å². The Bertz CT molecular complexity index is 588. The number of hydrogen-bond acceptors (Lipinski definition) is 6. The second kappa shape index (κ2) is 7.25. The molecule has 0 unspecified atom stereocenters. The molecular formula is C13H13N3O3S. The van der Waals surface area contributed by atoms with E-state index in [1.807, 2.05) is 24.4 Å². The summed E-state index contributed by atoms with van der Waals surface area (Å²) < 4.78 is 5.02. The summed E-state index contributed by atoms with van der Waals surface area (Å²) in [7, 11) is 0. The van der Waals surface area contributed by atoms with Gasteiger partial charge in [-0.1, -0.05) is 11.2 Å². The van der Waals surface area contributed by atoms with E-state index in [9.17, 15) is 4.79 Å². The van der Waals surface area contributed by atoms with Crippen molar-refractivity contribution in [2.75, 3.05) is 6.61 Å². The summed E-state index contributed by atoms with van der Waals surface area (Å²) in [5, 5.41) is 9.53. The van der Waals surface area contributed by atoms with Gasteiger partial charge in [-0.2, -0.15) is 5.10 Å². The molecule has 2 aromatic heterocycles. The first-order valence-corrected chi connectivity index (χ1v) is 6.69. The molecule has 0 radical (unpaired) electrons. The minimum absolute atomic E-state index is 0.196. The van der Waals surface area contributed by atoms with Crippen molar-refractivity contribution in [2.45, 2.75) is 6.92 Å². The van der Waals surface area contributed by atoms with Gasteiger partial charge in [-0.05, 0) is 30.5 Å². The molecule has 6 nitrogen and oxygen atoms in total. The predicted molar refractivity (Wildman–Crippen MR) is 76.9 cm³/mol. The highest BCUT2D eigenvalue weighted by Gasteiger charge is 2.01. The third kappa shape index (κ3) is 4.36. The van der Waals surface area contributed by atoms with Crippen molar-refractivity contribution in [1.82, 2.24) is 5.43 Å². The zero-order chi connectivity index (χ0) is 14.2. The number of hydrogen-bond donors (Lipinski definition) is 1. The van der Waals surface area contributed by atoms with Crippen LogP contribution in [0.2, 0.25) is 0 Å². The summed E-state index contributed by atoms with van der Waals surface area (Å²) in [5.41, 5.74) is 3.04. The lowest BCUT2D eigenvalue weighted by molar-refractivity contribution is -0.125. The Hall–Kier alpha value is -2.41. The van der Waals surface area contributed by atoms with E-state index in [0.29, 0.717) is 5.76 Å². The first-order chi connectivity index (χ1) is 9.75. The average Bonchev–Trinajstić information content (AvgIpc) is 3.12. The maximum absolute atomic E-state index is 11.4. The number of rotatable bonds is 6. The minimum atomic E-state index is -0.393. The maximum Gasteiger partial charge on any atom is 0.280 e. The van der Waals surface area contributed by atoms with Crippen LogP contribution in [0.4, 0.5) is 0 Å². The zero-order valence-corrected chi connectivity index (χ0v) is 11.6. The number of amides is 1. The third-order valence-corrected chi connectivity index (χ3v) is 3.18. The normalized spacial score (nSPS) is 11.8. The number of hydrazone groups is 1. The molecule has 0 saturated carbocycles. The van der Waals surface area contributed by atoms with Gasteiger partial charge in [-0.25, -0.2) is 5.43 Å². The fourth-order valence-electron chi connectivity index (χ4n) is 1.28. The summed E-state index contributed by atoms with van der Waals surface area (Å²) in [6.07, 6.45) is 2.92. The molecule has 104 valence electrons. The average molecular weight is 291 g/mol. The maximum atomic E-state index is 11.4. The Balaban J connectivity index is 1.71. The Kier molecular flexibility index (Phi) is 5.08. The van der Waals surface area contributed by atoms with Crippen LogP contribution in [0.25, 0.3) is 0 Å². The number of carbonyl (C=O) groups is 1. The molecule has 0 aliphatic heterocycles. The molecule has 0 spiro atoms. The van der Waals surface area contributed by atoms with Crippen molar-refractivity contribution in [1.29, 1.82) is 0 Å². The van der Waals surface area contributed by atoms with Crippen LogP contribution in [-0.4, -0.2) is 24.4 Å². The fraction of sp³-hybridized carbons (Fsp3) is 0.154. The van der Waals surface area contributed by atoms with E-state index < -0.39 is 5.91 Å². The highest BCUT2D eigenvalue weighted by molar-refractivity contribution is 7.12. The van der Waals surface area contributed by atoms with Crippen LogP contribution >= 0.6 is 11.3 Å². The number of carbonyl (C=O) groups excluding carboxylic acids is 1. The Morgan fingerprint density at radius 2 is 2.40 bits per heavy atom. The molecule has 0 aliphatic rings. The molecule has 2 rings (SSSR count). The highest BCUT2D eigenvalue weighted by atomic mass is 32.1. The molecule has 0 fully saturated rings. The van der Waals surface area contributed by atoms with Gasteiger partial charge in [0.2, 0.25) is 0 Å². The molecule has 0 bridgehead atoms. The van der Waals surface area contributed by atoms with E-state index in [4.69, 9.17) is 9.25 Å². The van der Waals surface area contributed by atoms with E-state index >= 15 is 0 Å². The van der Waals surface area contributed by atoms with Gasteiger partial charge in [0, 0.05) is 0 Å². The van der Waals surface area contributed by atoms with Crippen molar-refractivity contribution in [2.24, 2.45) is 10.3 Å². The standard InChI is InChI=1S/C13H13N3O3S/c1-10(12-5-3-7-20-12)16-19-9-13(17)15-14-8-11-4-2-6-18-11/h2-8H,9H2,1H3,(H,15,17)/b14-8-,16-10-. The van der Waals surface area contributed by atoms with Gasteiger partial charge in [-0.15, -0.1) is 11.3 Å². The SMILES string of the molecule is C/C(=N/OCC(=O)N/N=C\c1ccco1)c1cccs1. The molecule has 1 amide bonds. The lowest BCUT2D eigenvalue weighted by Gasteiger charge is -1.99. The fourth-order valence-corrected chi connectivity index (χ4v) is 1.95.